The van der Waals surface area contributed by atoms with E-state index in [1.807, 2.05) is 37.3 Å². The number of allylic oxidation sites excluding steroid dienone is 1. The van der Waals surface area contributed by atoms with Crippen molar-refractivity contribution in [2.45, 2.75) is 38.3 Å². The minimum atomic E-state index is -0.153. The Balaban J connectivity index is 1.39. The van der Waals surface area contributed by atoms with Crippen LogP contribution >= 0.6 is 0 Å². The molecule has 5 nitrogen and oxygen atoms in total. The molecule has 7 rings (SSSR count). The number of fused-ring (bicyclic) bond motifs is 5. The van der Waals surface area contributed by atoms with Crippen LogP contribution in [0.25, 0.3) is 22.2 Å². The van der Waals surface area contributed by atoms with Crippen molar-refractivity contribution in [1.29, 1.82) is 5.41 Å². The third-order valence-corrected chi connectivity index (χ3v) is 7.61. The SMILES string of the molecule is CC(=N)C1CCCC2=CC3c4ccccc4N(c4nc5c(-c6ccccc6)cccc5o4)C3N=C21. The minimum Gasteiger partial charge on any atom is -0.423 e. The Morgan fingerprint density at radius 2 is 1.83 bits per heavy atom. The molecule has 0 amide bonds. The summed E-state index contributed by atoms with van der Waals surface area (Å²) in [5.74, 6) is 0.258. The van der Waals surface area contributed by atoms with Crippen LogP contribution in [0.1, 0.15) is 37.7 Å². The maximum Gasteiger partial charge on any atom is 0.304 e. The van der Waals surface area contributed by atoms with Crippen LogP contribution in [0.4, 0.5) is 11.7 Å². The number of nitrogens with zero attached hydrogens (tertiary/aromatic N) is 3. The Morgan fingerprint density at radius 3 is 2.69 bits per heavy atom. The number of rotatable bonds is 3. The van der Waals surface area contributed by atoms with Crippen LogP contribution in [-0.4, -0.2) is 22.6 Å². The number of hydrogen-bond acceptors (Lipinski definition) is 5. The second-order valence-electron chi connectivity index (χ2n) is 9.72. The van der Waals surface area contributed by atoms with E-state index in [4.69, 9.17) is 19.8 Å². The van der Waals surface area contributed by atoms with Gasteiger partial charge in [0, 0.05) is 28.8 Å². The standard InChI is InChI=1S/C30H26N4O/c1-18(31)21-13-7-11-20-17-24-23-12-5-6-15-25(23)34(29(24)32-27(20)21)30-33-28-22(14-8-16-26(28)35-30)19-9-3-2-4-10-19/h2-6,8-10,12,14-17,21,24,29,31H,7,11,13H2,1H3. The second-order valence-corrected chi connectivity index (χ2v) is 9.72. The molecule has 0 radical (unpaired) electrons. The summed E-state index contributed by atoms with van der Waals surface area (Å²) in [4.78, 5) is 12.5. The van der Waals surface area contributed by atoms with Crippen LogP contribution in [0.2, 0.25) is 0 Å². The molecule has 35 heavy (non-hydrogen) atoms. The zero-order chi connectivity index (χ0) is 23.5. The average Bonchev–Trinajstić information content (AvgIpc) is 3.46. The summed E-state index contributed by atoms with van der Waals surface area (Å²) in [5, 5.41) is 8.37. The van der Waals surface area contributed by atoms with Crippen LogP contribution in [0.15, 0.2) is 93.9 Å². The van der Waals surface area contributed by atoms with E-state index in [1.54, 1.807) is 0 Å². The quantitative estimate of drug-likeness (QED) is 0.328. The molecule has 3 aliphatic rings. The molecule has 1 fully saturated rings. The van der Waals surface area contributed by atoms with E-state index in [0.717, 1.165) is 52.9 Å². The number of benzene rings is 3. The molecular weight excluding hydrogens is 432 g/mol. The van der Waals surface area contributed by atoms with Gasteiger partial charge in [-0.2, -0.15) is 4.98 Å². The zero-order valence-electron chi connectivity index (χ0n) is 19.6. The lowest BCUT2D eigenvalue weighted by Crippen LogP contribution is -2.37. The summed E-state index contributed by atoms with van der Waals surface area (Å²) in [6.45, 7) is 1.91. The van der Waals surface area contributed by atoms with E-state index in [1.165, 1.54) is 11.1 Å². The fourth-order valence-corrected chi connectivity index (χ4v) is 5.98. The molecule has 5 heteroatoms. The lowest BCUT2D eigenvalue weighted by Gasteiger charge is -2.34. The number of para-hydroxylation sites is 2. The van der Waals surface area contributed by atoms with Gasteiger partial charge in [0.2, 0.25) is 0 Å². The molecule has 4 aromatic rings. The minimum absolute atomic E-state index is 0.106. The van der Waals surface area contributed by atoms with Gasteiger partial charge in [-0.1, -0.05) is 66.7 Å². The Hall–Kier alpha value is -3.99. The number of aromatic nitrogens is 1. The molecule has 3 atom stereocenters. The van der Waals surface area contributed by atoms with Crippen LogP contribution in [-0.2, 0) is 0 Å². The first kappa shape index (κ1) is 20.4. The Labute approximate surface area is 204 Å². The summed E-state index contributed by atoms with van der Waals surface area (Å²) < 4.78 is 6.41. The van der Waals surface area contributed by atoms with Gasteiger partial charge >= 0.3 is 6.01 Å². The zero-order valence-corrected chi connectivity index (χ0v) is 19.6. The monoisotopic (exact) mass is 458 g/mol. The molecule has 3 aromatic carbocycles. The molecule has 2 aliphatic heterocycles. The molecule has 0 saturated heterocycles. The van der Waals surface area contributed by atoms with Gasteiger partial charge in [-0.3, -0.25) is 9.89 Å². The van der Waals surface area contributed by atoms with Gasteiger partial charge < -0.3 is 9.83 Å². The highest BCUT2D eigenvalue weighted by Gasteiger charge is 2.44. The largest absolute Gasteiger partial charge is 0.423 e. The highest BCUT2D eigenvalue weighted by molar-refractivity contribution is 6.15. The molecule has 1 saturated carbocycles. The van der Waals surface area contributed by atoms with Crippen LogP contribution in [0.5, 0.6) is 0 Å². The average molecular weight is 459 g/mol. The van der Waals surface area contributed by atoms with Gasteiger partial charge in [0.25, 0.3) is 0 Å². The van der Waals surface area contributed by atoms with E-state index >= 15 is 0 Å². The summed E-state index contributed by atoms with van der Waals surface area (Å²) in [5.41, 5.74) is 9.27. The predicted octanol–water partition coefficient (Wildman–Crippen LogP) is 7.28. The van der Waals surface area contributed by atoms with Gasteiger partial charge in [0.1, 0.15) is 11.7 Å². The first-order valence-corrected chi connectivity index (χ1v) is 12.4. The number of dihydropyridines is 1. The fraction of sp³-hybridized carbons (Fsp3) is 0.233. The summed E-state index contributed by atoms with van der Waals surface area (Å²) in [6, 6.07) is 25.5. The first-order valence-electron chi connectivity index (χ1n) is 12.4. The van der Waals surface area contributed by atoms with Crippen molar-refractivity contribution in [3.63, 3.8) is 0 Å². The van der Waals surface area contributed by atoms with Gasteiger partial charge in [0.05, 0.1) is 5.69 Å². The van der Waals surface area contributed by atoms with Gasteiger partial charge in [-0.15, -0.1) is 0 Å². The number of nitrogens with one attached hydrogen (secondary N) is 1. The molecule has 1 aromatic heterocycles. The van der Waals surface area contributed by atoms with Gasteiger partial charge in [0.15, 0.2) is 5.58 Å². The molecule has 0 spiro atoms. The molecule has 172 valence electrons. The van der Waals surface area contributed by atoms with Gasteiger partial charge in [-0.25, -0.2) is 0 Å². The van der Waals surface area contributed by atoms with Crippen molar-refractivity contribution in [3.05, 3.63) is 90.0 Å². The molecule has 3 heterocycles. The van der Waals surface area contributed by atoms with Crippen LogP contribution in [0.3, 0.4) is 0 Å². The van der Waals surface area contributed by atoms with E-state index in [0.29, 0.717) is 11.7 Å². The van der Waals surface area contributed by atoms with Crippen LogP contribution < -0.4 is 4.90 Å². The first-order chi connectivity index (χ1) is 17.2. The number of anilines is 2. The lowest BCUT2D eigenvalue weighted by molar-refractivity contribution is 0.542. The van der Waals surface area contributed by atoms with Crippen molar-refractivity contribution in [2.75, 3.05) is 4.90 Å². The molecule has 1 aliphatic carbocycles. The van der Waals surface area contributed by atoms with Gasteiger partial charge in [-0.05, 0) is 55.0 Å². The highest BCUT2D eigenvalue weighted by Crippen LogP contribution is 2.50. The van der Waals surface area contributed by atoms with Crippen molar-refractivity contribution in [2.24, 2.45) is 10.9 Å². The fourth-order valence-electron chi connectivity index (χ4n) is 5.98. The van der Waals surface area contributed by atoms with E-state index in [9.17, 15) is 0 Å². The summed E-state index contributed by atoms with van der Waals surface area (Å²) in [6.07, 6.45) is 5.40. The van der Waals surface area contributed by atoms with Crippen molar-refractivity contribution in [3.8, 4) is 11.1 Å². The van der Waals surface area contributed by atoms with E-state index < -0.39 is 0 Å². The highest BCUT2D eigenvalue weighted by atomic mass is 16.4. The Kier molecular flexibility index (Phi) is 4.53. The van der Waals surface area contributed by atoms with E-state index in [2.05, 4.69) is 53.4 Å². The van der Waals surface area contributed by atoms with Crippen LogP contribution in [0, 0.1) is 11.3 Å². The third kappa shape index (κ3) is 3.11. The maximum atomic E-state index is 8.37. The maximum absolute atomic E-state index is 8.37. The normalized spacial score (nSPS) is 22.8. The predicted molar refractivity (Wildman–Crippen MR) is 141 cm³/mol. The van der Waals surface area contributed by atoms with E-state index in [-0.39, 0.29) is 18.0 Å². The number of oxazole rings is 1. The number of aliphatic imine (C=N–C) groups is 1. The number of hydrogen-bond donors (Lipinski definition) is 1. The van der Waals surface area contributed by atoms with Crippen molar-refractivity contribution >= 4 is 34.2 Å². The molecule has 0 bridgehead atoms. The Bertz CT molecular complexity index is 1530. The topological polar surface area (TPSA) is 65.5 Å². The third-order valence-electron chi connectivity index (χ3n) is 7.61. The van der Waals surface area contributed by atoms with Crippen molar-refractivity contribution < 1.29 is 4.42 Å². The Morgan fingerprint density at radius 1 is 1.00 bits per heavy atom. The smallest absolute Gasteiger partial charge is 0.304 e. The molecule has 1 N–H and O–H groups in total. The second kappa shape index (κ2) is 7.77. The van der Waals surface area contributed by atoms with Crippen molar-refractivity contribution in [1.82, 2.24) is 4.98 Å². The molecular formula is C30H26N4O. The summed E-state index contributed by atoms with van der Waals surface area (Å²) in [7, 11) is 0. The molecule has 3 unspecified atom stereocenters. The lowest BCUT2D eigenvalue weighted by atomic mass is 9.77. The summed E-state index contributed by atoms with van der Waals surface area (Å²) >= 11 is 0.